The maximum absolute atomic E-state index is 13.4. The second-order valence-electron chi connectivity index (χ2n) is 10.9. The van der Waals surface area contributed by atoms with Crippen LogP contribution in [0.1, 0.15) is 52.0 Å². The summed E-state index contributed by atoms with van der Waals surface area (Å²) < 4.78 is 0. The van der Waals surface area contributed by atoms with Crippen molar-refractivity contribution in [1.82, 2.24) is 26.3 Å². The number of carbonyl (C=O) groups is 5. The van der Waals surface area contributed by atoms with E-state index in [1.165, 1.54) is 6.92 Å². The van der Waals surface area contributed by atoms with Crippen LogP contribution >= 0.6 is 0 Å². The number of aliphatic hydroxyl groups is 1. The Balaban J connectivity index is 2.12. The van der Waals surface area contributed by atoms with Gasteiger partial charge in [0, 0.05) is 23.5 Å². The molecule has 13 heteroatoms. The van der Waals surface area contributed by atoms with E-state index in [2.05, 4.69) is 26.3 Å². The highest BCUT2D eigenvalue weighted by atomic mass is 16.3. The highest BCUT2D eigenvalue weighted by Crippen LogP contribution is 2.19. The average molecular weight is 588 g/mol. The zero-order valence-electron chi connectivity index (χ0n) is 24.5. The van der Waals surface area contributed by atoms with Crippen molar-refractivity contribution in [3.05, 3.63) is 36.0 Å². The van der Waals surface area contributed by atoms with Crippen molar-refractivity contribution in [3.8, 4) is 0 Å². The molecular formula is C29H45N7O6. The molecule has 13 nitrogen and oxygen atoms in total. The largest absolute Gasteiger partial charge is 0.394 e. The second-order valence-corrected chi connectivity index (χ2v) is 10.9. The Morgan fingerprint density at radius 3 is 2.24 bits per heavy atom. The minimum atomic E-state index is -1.33. The minimum absolute atomic E-state index is 0.121. The standard InChI is InChI=1S/C29H45N7O6/c1-17(2)12-20(15-37)34-29(42)25(16-38)36-26(39)18(3)33-28(41)24(35-27(40)22(31)9-6-7-11-30)13-19-14-32-23-10-5-4-8-21(19)23/h4-5,8,10,14-15,17-18,20,22,24-25,32,38H,6-7,9,11-13,16,30-31H2,1-3H3,(H,33,41)(H,34,42)(H,35,40)(H,36,39)/t18-,20-,22-,24-,25-/m0/s1. The molecule has 4 amide bonds. The van der Waals surface area contributed by atoms with E-state index in [0.29, 0.717) is 38.5 Å². The summed E-state index contributed by atoms with van der Waals surface area (Å²) in [6.07, 6.45) is 4.65. The number of aromatic nitrogens is 1. The van der Waals surface area contributed by atoms with E-state index in [1.54, 1.807) is 6.20 Å². The molecule has 0 saturated heterocycles. The van der Waals surface area contributed by atoms with E-state index >= 15 is 0 Å². The lowest BCUT2D eigenvalue weighted by Crippen LogP contribution is -2.58. The van der Waals surface area contributed by atoms with Gasteiger partial charge in [0.15, 0.2) is 0 Å². The van der Waals surface area contributed by atoms with Crippen LogP contribution < -0.4 is 32.7 Å². The fourth-order valence-corrected chi connectivity index (χ4v) is 4.46. The molecule has 1 heterocycles. The predicted octanol–water partition coefficient (Wildman–Crippen LogP) is -0.637. The first-order valence-corrected chi connectivity index (χ1v) is 14.3. The maximum Gasteiger partial charge on any atom is 0.245 e. The van der Waals surface area contributed by atoms with Crippen molar-refractivity contribution >= 4 is 40.8 Å². The zero-order chi connectivity index (χ0) is 31.2. The topological polar surface area (TPSA) is 222 Å². The van der Waals surface area contributed by atoms with Gasteiger partial charge in [0.25, 0.3) is 0 Å². The molecule has 2 rings (SSSR count). The number of rotatable bonds is 18. The van der Waals surface area contributed by atoms with Crippen LogP contribution in [0, 0.1) is 5.92 Å². The number of carbonyl (C=O) groups excluding carboxylic acids is 5. The monoisotopic (exact) mass is 587 g/mol. The van der Waals surface area contributed by atoms with Crippen LogP contribution in [0.4, 0.5) is 0 Å². The summed E-state index contributed by atoms with van der Waals surface area (Å²) in [6, 6.07) is 2.38. The highest BCUT2D eigenvalue weighted by Gasteiger charge is 2.29. The lowest BCUT2D eigenvalue weighted by Gasteiger charge is -2.24. The summed E-state index contributed by atoms with van der Waals surface area (Å²) in [5.41, 5.74) is 13.2. The third-order valence-corrected chi connectivity index (χ3v) is 6.82. The van der Waals surface area contributed by atoms with Crippen molar-refractivity contribution < 1.29 is 29.1 Å². The highest BCUT2D eigenvalue weighted by molar-refractivity contribution is 5.95. The third-order valence-electron chi connectivity index (χ3n) is 6.82. The van der Waals surface area contributed by atoms with Crippen LogP contribution in [0.15, 0.2) is 30.5 Å². The smallest absolute Gasteiger partial charge is 0.245 e. The molecule has 0 saturated carbocycles. The van der Waals surface area contributed by atoms with E-state index in [0.717, 1.165) is 16.5 Å². The summed E-state index contributed by atoms with van der Waals surface area (Å²) in [7, 11) is 0. The first-order valence-electron chi connectivity index (χ1n) is 14.3. The number of H-pyrrole nitrogens is 1. The molecule has 0 spiro atoms. The molecule has 0 fully saturated rings. The van der Waals surface area contributed by atoms with E-state index in [4.69, 9.17) is 11.5 Å². The van der Waals surface area contributed by atoms with Gasteiger partial charge in [-0.05, 0) is 50.3 Å². The summed E-state index contributed by atoms with van der Waals surface area (Å²) in [5, 5.41) is 20.8. The maximum atomic E-state index is 13.4. The summed E-state index contributed by atoms with van der Waals surface area (Å²) in [6.45, 7) is 4.96. The number of unbranched alkanes of at least 4 members (excludes halogenated alkanes) is 1. The van der Waals surface area contributed by atoms with E-state index in [-0.39, 0.29) is 12.3 Å². The number of hydrogen-bond acceptors (Lipinski definition) is 8. The van der Waals surface area contributed by atoms with Crippen LogP contribution in [0.5, 0.6) is 0 Å². The van der Waals surface area contributed by atoms with Crippen LogP contribution in [-0.4, -0.2) is 83.4 Å². The number of nitrogens with one attached hydrogen (secondary N) is 5. The Morgan fingerprint density at radius 1 is 0.929 bits per heavy atom. The lowest BCUT2D eigenvalue weighted by molar-refractivity contribution is -0.134. The number of fused-ring (bicyclic) bond motifs is 1. The Morgan fingerprint density at radius 2 is 1.60 bits per heavy atom. The number of benzene rings is 1. The molecule has 0 radical (unpaired) electrons. The molecule has 1 aromatic heterocycles. The second kappa shape index (κ2) is 17.2. The van der Waals surface area contributed by atoms with Gasteiger partial charge < -0.3 is 47.6 Å². The van der Waals surface area contributed by atoms with E-state index < -0.39 is 60.4 Å². The summed E-state index contributed by atoms with van der Waals surface area (Å²) in [4.78, 5) is 66.1. The van der Waals surface area contributed by atoms with Gasteiger partial charge in [0.05, 0.1) is 18.7 Å². The number of para-hydroxylation sites is 1. The molecule has 0 bridgehead atoms. The van der Waals surface area contributed by atoms with Crippen LogP contribution in [0.3, 0.4) is 0 Å². The number of amides is 4. The molecule has 0 unspecified atom stereocenters. The fourth-order valence-electron chi connectivity index (χ4n) is 4.46. The Labute approximate surface area is 245 Å². The molecule has 1 aromatic carbocycles. The van der Waals surface area contributed by atoms with Gasteiger partial charge in [-0.3, -0.25) is 19.2 Å². The average Bonchev–Trinajstić information content (AvgIpc) is 3.37. The molecule has 0 aliphatic heterocycles. The fraction of sp³-hybridized carbons (Fsp3) is 0.552. The zero-order valence-corrected chi connectivity index (χ0v) is 24.5. The van der Waals surface area contributed by atoms with Crippen molar-refractivity contribution in [1.29, 1.82) is 0 Å². The van der Waals surface area contributed by atoms with Gasteiger partial charge in [-0.25, -0.2) is 0 Å². The SMILES string of the molecule is CC(C)C[C@@H](C=O)NC(=O)[C@H](CO)NC(=O)[C@H](C)NC(=O)[C@H](Cc1c[nH]c2ccccc12)NC(=O)[C@@H](N)CCCCN. The Hall–Kier alpha value is -3.81. The van der Waals surface area contributed by atoms with Gasteiger partial charge in [0.1, 0.15) is 24.4 Å². The predicted molar refractivity (Wildman–Crippen MR) is 159 cm³/mol. The minimum Gasteiger partial charge on any atom is -0.394 e. The first-order chi connectivity index (χ1) is 20.0. The van der Waals surface area contributed by atoms with E-state index in [9.17, 15) is 29.1 Å². The van der Waals surface area contributed by atoms with E-state index in [1.807, 2.05) is 38.1 Å². The van der Waals surface area contributed by atoms with Crippen molar-refractivity contribution in [3.63, 3.8) is 0 Å². The van der Waals surface area contributed by atoms with Crippen molar-refractivity contribution in [2.75, 3.05) is 13.2 Å². The summed E-state index contributed by atoms with van der Waals surface area (Å²) in [5.74, 6) is -2.47. The Bertz CT molecular complexity index is 1200. The Kier molecular flexibility index (Phi) is 14.1. The molecule has 0 aliphatic carbocycles. The van der Waals surface area contributed by atoms with Crippen LogP contribution in [0.2, 0.25) is 0 Å². The molecule has 232 valence electrons. The number of aldehydes is 1. The quantitative estimate of drug-likeness (QED) is 0.0826. The van der Waals surface area contributed by atoms with Gasteiger partial charge >= 0.3 is 0 Å². The molecule has 42 heavy (non-hydrogen) atoms. The third kappa shape index (κ3) is 10.5. The number of nitrogens with two attached hydrogens (primary N) is 2. The van der Waals surface area contributed by atoms with Crippen LogP contribution in [0.25, 0.3) is 10.9 Å². The number of hydrogen-bond donors (Lipinski definition) is 8. The first kappa shape index (κ1) is 34.4. The molecular weight excluding hydrogens is 542 g/mol. The molecule has 2 aromatic rings. The normalized spacial score (nSPS) is 14.8. The molecule has 0 aliphatic rings. The van der Waals surface area contributed by atoms with Gasteiger partial charge in [-0.1, -0.05) is 38.5 Å². The lowest BCUT2D eigenvalue weighted by atomic mass is 10.0. The molecule has 10 N–H and O–H groups in total. The van der Waals surface area contributed by atoms with Crippen LogP contribution in [-0.2, 0) is 30.4 Å². The van der Waals surface area contributed by atoms with Gasteiger partial charge in [-0.2, -0.15) is 0 Å². The summed E-state index contributed by atoms with van der Waals surface area (Å²) >= 11 is 0. The number of aromatic amines is 1. The van der Waals surface area contributed by atoms with Gasteiger partial charge in [-0.15, -0.1) is 0 Å². The van der Waals surface area contributed by atoms with Crippen molar-refractivity contribution in [2.24, 2.45) is 17.4 Å². The van der Waals surface area contributed by atoms with Gasteiger partial charge in [0.2, 0.25) is 23.6 Å². The number of aliphatic hydroxyl groups excluding tert-OH is 1. The molecule has 5 atom stereocenters. The van der Waals surface area contributed by atoms with Crippen molar-refractivity contribution in [2.45, 2.75) is 83.1 Å².